The lowest BCUT2D eigenvalue weighted by Gasteiger charge is -2.13. The smallest absolute Gasteiger partial charge is 0.228 e. The summed E-state index contributed by atoms with van der Waals surface area (Å²) in [7, 11) is 1.98. The van der Waals surface area contributed by atoms with Crippen LogP contribution in [0.1, 0.15) is 13.3 Å². The van der Waals surface area contributed by atoms with Crippen LogP contribution in [0, 0.1) is 0 Å². The molecule has 72 valence electrons. The molecule has 1 aromatic rings. The highest BCUT2D eigenvalue weighted by atomic mass is 16.5. The van der Waals surface area contributed by atoms with E-state index in [1.165, 1.54) is 0 Å². The zero-order valence-corrected chi connectivity index (χ0v) is 8.33. The van der Waals surface area contributed by atoms with E-state index >= 15 is 0 Å². The van der Waals surface area contributed by atoms with Crippen molar-refractivity contribution in [2.24, 2.45) is 0 Å². The number of amides is 1. The number of carbonyl (C=O) groups is 1. The maximum absolute atomic E-state index is 11.4. The van der Waals surface area contributed by atoms with Crippen LogP contribution in [0.15, 0.2) is 18.2 Å². The van der Waals surface area contributed by atoms with E-state index in [0.29, 0.717) is 6.42 Å². The number of anilines is 1. The number of para-hydroxylation sites is 1. The first kappa shape index (κ1) is 9.12. The summed E-state index contributed by atoms with van der Waals surface area (Å²) >= 11 is 0. The lowest BCUT2D eigenvalue weighted by atomic mass is 9.94. The Morgan fingerprint density at radius 2 is 2.36 bits per heavy atom. The Balaban J connectivity index is 2.46. The molecule has 0 spiro atoms. The third-order valence-corrected chi connectivity index (χ3v) is 2.28. The molecule has 4 heteroatoms. The Morgan fingerprint density at radius 1 is 1.57 bits per heavy atom. The first-order chi connectivity index (χ1) is 6.66. The summed E-state index contributed by atoms with van der Waals surface area (Å²) in [5, 5.41) is 2.83. The minimum absolute atomic E-state index is 0.0156. The number of ether oxygens (including phenoxy) is 1. The molecule has 1 heterocycles. The van der Waals surface area contributed by atoms with Crippen LogP contribution in [0.3, 0.4) is 0 Å². The van der Waals surface area contributed by atoms with Gasteiger partial charge in [0.2, 0.25) is 5.91 Å². The van der Waals surface area contributed by atoms with Gasteiger partial charge in [0.25, 0.3) is 0 Å². The van der Waals surface area contributed by atoms with E-state index in [9.17, 15) is 4.79 Å². The second-order valence-corrected chi connectivity index (χ2v) is 3.63. The van der Waals surface area contributed by atoms with Gasteiger partial charge in [0.1, 0.15) is 19.7 Å². The van der Waals surface area contributed by atoms with Crippen LogP contribution >= 0.6 is 0 Å². The van der Waals surface area contributed by atoms with E-state index in [4.69, 9.17) is 4.74 Å². The van der Waals surface area contributed by atoms with Crippen LogP contribution in [0.2, 0.25) is 0 Å². The number of carbonyl (C=O) groups excluding carboxylic acids is 1. The van der Waals surface area contributed by atoms with E-state index in [1.54, 1.807) is 0 Å². The maximum Gasteiger partial charge on any atom is 0.228 e. The maximum atomic E-state index is 11.4. The van der Waals surface area contributed by atoms with E-state index < -0.39 is 0 Å². The Kier molecular flexibility index (Phi) is 2.19. The monoisotopic (exact) mass is 189 g/mol. The third kappa shape index (κ3) is 1.60. The van der Waals surface area contributed by atoms with Crippen molar-refractivity contribution in [2.45, 2.75) is 19.4 Å². The second-order valence-electron chi connectivity index (χ2n) is 3.63. The Bertz CT molecular complexity index is 378. The van der Waals surface area contributed by atoms with Crippen LogP contribution in [0.25, 0.3) is 0 Å². The number of fused-ring (bicyclic) bond motifs is 1. The molecule has 1 aliphatic heterocycles. The number of nitrogens with one attached hydrogen (secondary N) is 1. The van der Waals surface area contributed by atoms with Gasteiger partial charge in [-0.3, -0.25) is 4.79 Å². The minimum atomic E-state index is -0.0580. The first-order valence-electron chi connectivity index (χ1n) is 4.73. The summed E-state index contributed by atoms with van der Waals surface area (Å²) in [5.74, 6) is 0.813. The molecule has 0 saturated heterocycles. The number of hydrogen-bond acceptors (Lipinski definition) is 2. The molecule has 3 nitrogen and oxygen atoms in total. The molecule has 0 saturated carbocycles. The van der Waals surface area contributed by atoms with Gasteiger partial charge < -0.3 is 10.1 Å². The van der Waals surface area contributed by atoms with Gasteiger partial charge in [0.05, 0.1) is 12.1 Å². The van der Waals surface area contributed by atoms with Crippen LogP contribution in [-0.2, 0) is 4.79 Å². The zero-order valence-electron chi connectivity index (χ0n) is 8.33. The summed E-state index contributed by atoms with van der Waals surface area (Å²) in [6.07, 6.45) is 0.353. The third-order valence-electron chi connectivity index (χ3n) is 2.28. The number of hydrogen-bond donors (Lipinski definition) is 1. The second kappa shape index (κ2) is 3.37. The van der Waals surface area contributed by atoms with Crippen molar-refractivity contribution < 1.29 is 9.53 Å². The van der Waals surface area contributed by atoms with Gasteiger partial charge in [-0.25, -0.2) is 0 Å². The van der Waals surface area contributed by atoms with E-state index in [1.807, 2.05) is 33.0 Å². The van der Waals surface area contributed by atoms with Crippen molar-refractivity contribution in [1.82, 2.24) is 0 Å². The molecule has 1 aliphatic rings. The number of rotatable bonds is 0. The van der Waals surface area contributed by atoms with E-state index in [0.717, 1.165) is 16.9 Å². The standard InChI is InChI=1S/C10H12BNO2/c1-6-5-9(13)12-8-4-2-3-7(11)10(8)14-6/h2-4,6H,5,11H2,1H3,(H,12,13)/t6-/m1/s1. The topological polar surface area (TPSA) is 38.3 Å². The Labute approximate surface area is 83.9 Å². The first-order valence-corrected chi connectivity index (χ1v) is 4.73. The molecule has 14 heavy (non-hydrogen) atoms. The average Bonchev–Trinajstić information content (AvgIpc) is 2.23. The molecule has 0 unspecified atom stereocenters. The predicted octanol–water partition coefficient (Wildman–Crippen LogP) is 0.0545. The molecule has 0 radical (unpaired) electrons. The lowest BCUT2D eigenvalue weighted by molar-refractivity contribution is -0.117. The van der Waals surface area contributed by atoms with E-state index in [2.05, 4.69) is 5.32 Å². The van der Waals surface area contributed by atoms with Crippen molar-refractivity contribution in [1.29, 1.82) is 0 Å². The van der Waals surface area contributed by atoms with Crippen LogP contribution in [-0.4, -0.2) is 19.9 Å². The highest BCUT2D eigenvalue weighted by Gasteiger charge is 2.19. The molecular weight excluding hydrogens is 177 g/mol. The fourth-order valence-electron chi connectivity index (χ4n) is 1.61. The van der Waals surface area contributed by atoms with Gasteiger partial charge in [-0.2, -0.15) is 0 Å². The highest BCUT2D eigenvalue weighted by Crippen LogP contribution is 2.25. The Hall–Kier alpha value is -1.45. The molecule has 0 fully saturated rings. The van der Waals surface area contributed by atoms with Crippen LogP contribution < -0.4 is 15.5 Å². The summed E-state index contributed by atoms with van der Waals surface area (Å²) in [6, 6.07) is 5.75. The molecule has 1 amide bonds. The molecule has 0 bridgehead atoms. The molecule has 2 rings (SSSR count). The molecule has 1 N–H and O–H groups in total. The molecule has 1 aromatic carbocycles. The lowest BCUT2D eigenvalue weighted by Crippen LogP contribution is -2.18. The summed E-state index contributed by atoms with van der Waals surface area (Å²) in [6.45, 7) is 1.90. The quantitative estimate of drug-likeness (QED) is 0.585. The Morgan fingerprint density at radius 3 is 3.14 bits per heavy atom. The average molecular weight is 189 g/mol. The number of benzene rings is 1. The van der Waals surface area contributed by atoms with Crippen molar-refractivity contribution in [3.05, 3.63) is 18.2 Å². The molecular formula is C10H12BNO2. The van der Waals surface area contributed by atoms with Gasteiger partial charge in [-0.1, -0.05) is 12.1 Å². The van der Waals surface area contributed by atoms with Gasteiger partial charge in [0, 0.05) is 0 Å². The van der Waals surface area contributed by atoms with Gasteiger partial charge in [-0.05, 0) is 18.5 Å². The summed E-state index contributed by atoms with van der Waals surface area (Å²) in [5.41, 5.74) is 1.83. The van der Waals surface area contributed by atoms with Gasteiger partial charge in [-0.15, -0.1) is 0 Å². The fraction of sp³-hybridized carbons (Fsp3) is 0.300. The molecule has 1 atom stereocenters. The van der Waals surface area contributed by atoms with Crippen molar-refractivity contribution in [2.75, 3.05) is 5.32 Å². The fourth-order valence-corrected chi connectivity index (χ4v) is 1.61. The normalized spacial score (nSPS) is 20.4. The summed E-state index contributed by atoms with van der Waals surface area (Å²) in [4.78, 5) is 11.4. The van der Waals surface area contributed by atoms with Crippen LogP contribution in [0.4, 0.5) is 5.69 Å². The summed E-state index contributed by atoms with van der Waals surface area (Å²) < 4.78 is 5.67. The minimum Gasteiger partial charge on any atom is -0.489 e. The zero-order chi connectivity index (χ0) is 10.1. The van der Waals surface area contributed by atoms with Crippen molar-refractivity contribution in [3.8, 4) is 5.75 Å². The SMILES string of the molecule is Bc1cccc2c1O[C@H](C)CC(=O)N2. The predicted molar refractivity (Wildman–Crippen MR) is 58.0 cm³/mol. The van der Waals surface area contributed by atoms with E-state index in [-0.39, 0.29) is 12.0 Å². The van der Waals surface area contributed by atoms with Gasteiger partial charge >= 0.3 is 0 Å². The van der Waals surface area contributed by atoms with Gasteiger partial charge in [0.15, 0.2) is 0 Å². The van der Waals surface area contributed by atoms with Crippen LogP contribution in [0.5, 0.6) is 5.75 Å². The van der Waals surface area contributed by atoms with Crippen molar-refractivity contribution >= 4 is 24.9 Å². The molecule has 0 aromatic heterocycles. The molecule has 0 aliphatic carbocycles. The highest BCUT2D eigenvalue weighted by molar-refractivity contribution is 6.35. The largest absolute Gasteiger partial charge is 0.489 e. The van der Waals surface area contributed by atoms with Crippen molar-refractivity contribution in [3.63, 3.8) is 0 Å².